The van der Waals surface area contributed by atoms with Crippen LogP contribution in [-0.4, -0.2) is 47.6 Å². The maximum absolute atomic E-state index is 12.6. The number of rotatable bonds is 6. The van der Waals surface area contributed by atoms with Crippen molar-refractivity contribution < 1.29 is 4.79 Å². The van der Waals surface area contributed by atoms with Crippen LogP contribution in [0.25, 0.3) is 0 Å². The second-order valence-corrected chi connectivity index (χ2v) is 8.40. The van der Waals surface area contributed by atoms with E-state index in [2.05, 4.69) is 42.2 Å². The summed E-state index contributed by atoms with van der Waals surface area (Å²) in [6.45, 7) is 6.50. The van der Waals surface area contributed by atoms with E-state index in [0.29, 0.717) is 12.0 Å². The number of hydrogen-bond acceptors (Lipinski definition) is 4. The van der Waals surface area contributed by atoms with Crippen molar-refractivity contribution in [1.29, 1.82) is 5.26 Å². The van der Waals surface area contributed by atoms with E-state index in [-0.39, 0.29) is 5.91 Å². The second kappa shape index (κ2) is 10.3. The van der Waals surface area contributed by atoms with E-state index < -0.39 is 0 Å². The highest BCUT2D eigenvalue weighted by Crippen LogP contribution is 2.20. The van der Waals surface area contributed by atoms with Gasteiger partial charge in [-0.15, -0.1) is 11.8 Å². The summed E-state index contributed by atoms with van der Waals surface area (Å²) in [4.78, 5) is 18.2. The number of amides is 1. The van der Waals surface area contributed by atoms with E-state index in [0.717, 1.165) is 44.9 Å². The molecule has 0 radical (unpaired) electrons. The van der Waals surface area contributed by atoms with Gasteiger partial charge in [0, 0.05) is 49.8 Å². The van der Waals surface area contributed by atoms with Gasteiger partial charge in [0.05, 0.1) is 11.6 Å². The SMILES string of the molecule is Cc1ccc(SCCC(=O)N2CCCN(Cc3ccc(C#N)cc3)CC2)cc1. The van der Waals surface area contributed by atoms with E-state index in [4.69, 9.17) is 5.26 Å². The Morgan fingerprint density at radius 1 is 1.04 bits per heavy atom. The molecule has 0 atom stereocenters. The van der Waals surface area contributed by atoms with Crippen LogP contribution in [0, 0.1) is 18.3 Å². The van der Waals surface area contributed by atoms with Gasteiger partial charge in [-0.25, -0.2) is 0 Å². The summed E-state index contributed by atoms with van der Waals surface area (Å²) in [6, 6.07) is 18.4. The van der Waals surface area contributed by atoms with Crippen molar-refractivity contribution in [2.45, 2.75) is 31.2 Å². The normalized spacial score (nSPS) is 15.1. The van der Waals surface area contributed by atoms with Crippen LogP contribution in [0.1, 0.15) is 29.5 Å². The van der Waals surface area contributed by atoms with Gasteiger partial charge in [-0.05, 0) is 43.2 Å². The molecule has 4 nitrogen and oxygen atoms in total. The largest absolute Gasteiger partial charge is 0.341 e. The minimum Gasteiger partial charge on any atom is -0.341 e. The molecule has 0 unspecified atom stereocenters. The molecule has 146 valence electrons. The highest BCUT2D eigenvalue weighted by molar-refractivity contribution is 7.99. The van der Waals surface area contributed by atoms with E-state index in [9.17, 15) is 4.79 Å². The fourth-order valence-corrected chi connectivity index (χ4v) is 4.21. The maximum Gasteiger partial charge on any atom is 0.223 e. The van der Waals surface area contributed by atoms with Gasteiger partial charge in [-0.1, -0.05) is 29.8 Å². The molecule has 1 saturated heterocycles. The Hall–Kier alpha value is -2.29. The first-order valence-corrected chi connectivity index (χ1v) is 10.8. The zero-order chi connectivity index (χ0) is 19.8. The first-order valence-electron chi connectivity index (χ1n) is 9.83. The summed E-state index contributed by atoms with van der Waals surface area (Å²) >= 11 is 1.75. The molecule has 0 aromatic heterocycles. The van der Waals surface area contributed by atoms with Gasteiger partial charge in [0.1, 0.15) is 0 Å². The van der Waals surface area contributed by atoms with Crippen molar-refractivity contribution in [3.8, 4) is 6.07 Å². The first-order chi connectivity index (χ1) is 13.6. The Morgan fingerprint density at radius 3 is 2.50 bits per heavy atom. The summed E-state index contributed by atoms with van der Waals surface area (Å²) < 4.78 is 0. The molecular formula is C23H27N3OS. The molecule has 0 saturated carbocycles. The average molecular weight is 394 g/mol. The van der Waals surface area contributed by atoms with Crippen LogP contribution in [0.5, 0.6) is 0 Å². The molecule has 1 fully saturated rings. The average Bonchev–Trinajstić information content (AvgIpc) is 2.96. The number of carbonyl (C=O) groups excluding carboxylic acids is 1. The Balaban J connectivity index is 1.42. The van der Waals surface area contributed by atoms with Crippen molar-refractivity contribution in [3.05, 3.63) is 65.2 Å². The van der Waals surface area contributed by atoms with E-state index in [1.54, 1.807) is 11.8 Å². The van der Waals surface area contributed by atoms with Crippen LogP contribution in [0.4, 0.5) is 0 Å². The fourth-order valence-electron chi connectivity index (χ4n) is 3.37. The van der Waals surface area contributed by atoms with Crippen LogP contribution in [0.2, 0.25) is 0 Å². The summed E-state index contributed by atoms with van der Waals surface area (Å²) in [5, 5.41) is 8.91. The molecule has 0 aliphatic carbocycles. The van der Waals surface area contributed by atoms with Crippen LogP contribution in [-0.2, 0) is 11.3 Å². The van der Waals surface area contributed by atoms with E-state index in [1.165, 1.54) is 16.0 Å². The molecule has 28 heavy (non-hydrogen) atoms. The van der Waals surface area contributed by atoms with E-state index >= 15 is 0 Å². The lowest BCUT2D eigenvalue weighted by Gasteiger charge is -2.22. The summed E-state index contributed by atoms with van der Waals surface area (Å²) in [5.41, 5.74) is 3.17. The third-order valence-corrected chi connectivity index (χ3v) is 6.05. The monoisotopic (exact) mass is 393 g/mol. The zero-order valence-corrected chi connectivity index (χ0v) is 17.3. The van der Waals surface area contributed by atoms with Crippen LogP contribution in [0.3, 0.4) is 0 Å². The molecule has 2 aromatic rings. The Labute approximate surface area is 172 Å². The van der Waals surface area contributed by atoms with Gasteiger partial charge in [-0.2, -0.15) is 5.26 Å². The lowest BCUT2D eigenvalue weighted by atomic mass is 10.1. The topological polar surface area (TPSA) is 47.3 Å². The first kappa shape index (κ1) is 20.4. The molecule has 1 aliphatic rings. The Morgan fingerprint density at radius 2 is 1.79 bits per heavy atom. The maximum atomic E-state index is 12.6. The number of carbonyl (C=O) groups is 1. The Kier molecular flexibility index (Phi) is 7.53. The molecule has 1 amide bonds. The highest BCUT2D eigenvalue weighted by atomic mass is 32.2. The smallest absolute Gasteiger partial charge is 0.223 e. The van der Waals surface area contributed by atoms with Crippen molar-refractivity contribution in [2.75, 3.05) is 31.9 Å². The quantitative estimate of drug-likeness (QED) is 0.694. The predicted molar refractivity (Wildman–Crippen MR) is 114 cm³/mol. The third kappa shape index (κ3) is 6.12. The van der Waals surface area contributed by atoms with Gasteiger partial charge in [0.15, 0.2) is 0 Å². The van der Waals surface area contributed by atoms with Gasteiger partial charge in [-0.3, -0.25) is 9.69 Å². The van der Waals surface area contributed by atoms with Gasteiger partial charge in [0.2, 0.25) is 5.91 Å². The molecule has 0 N–H and O–H groups in total. The zero-order valence-electron chi connectivity index (χ0n) is 16.4. The van der Waals surface area contributed by atoms with E-state index in [1.807, 2.05) is 29.2 Å². The summed E-state index contributed by atoms with van der Waals surface area (Å²) in [5.74, 6) is 1.09. The van der Waals surface area contributed by atoms with Crippen molar-refractivity contribution in [2.24, 2.45) is 0 Å². The molecule has 5 heteroatoms. The van der Waals surface area contributed by atoms with Crippen molar-refractivity contribution >= 4 is 17.7 Å². The lowest BCUT2D eigenvalue weighted by molar-refractivity contribution is -0.130. The Bertz CT molecular complexity index is 811. The molecule has 1 aliphatic heterocycles. The van der Waals surface area contributed by atoms with Crippen LogP contribution >= 0.6 is 11.8 Å². The fraction of sp³-hybridized carbons (Fsp3) is 0.391. The van der Waals surface area contributed by atoms with Gasteiger partial charge < -0.3 is 4.90 Å². The number of hydrogen-bond donors (Lipinski definition) is 0. The molecule has 0 bridgehead atoms. The third-order valence-electron chi connectivity index (χ3n) is 5.04. The molecule has 2 aromatic carbocycles. The predicted octanol–water partition coefficient (Wildman–Crippen LogP) is 4.08. The van der Waals surface area contributed by atoms with Crippen molar-refractivity contribution in [3.63, 3.8) is 0 Å². The number of nitriles is 1. The van der Waals surface area contributed by atoms with Crippen LogP contribution in [0.15, 0.2) is 53.4 Å². The molecular weight excluding hydrogens is 366 g/mol. The number of benzene rings is 2. The summed E-state index contributed by atoms with van der Waals surface area (Å²) in [7, 11) is 0. The number of nitrogens with zero attached hydrogens (tertiary/aromatic N) is 3. The number of thioether (sulfide) groups is 1. The van der Waals surface area contributed by atoms with Gasteiger partial charge >= 0.3 is 0 Å². The molecule has 3 rings (SSSR count). The minimum atomic E-state index is 0.264. The molecule has 1 heterocycles. The highest BCUT2D eigenvalue weighted by Gasteiger charge is 2.19. The molecule has 0 spiro atoms. The minimum absolute atomic E-state index is 0.264. The second-order valence-electron chi connectivity index (χ2n) is 7.23. The standard InChI is InChI=1S/C23H27N3OS/c1-19-3-9-22(10-4-19)28-16-11-23(27)26-13-2-12-25(14-15-26)18-21-7-5-20(17-24)6-8-21/h3-10H,2,11-16,18H2,1H3. The lowest BCUT2D eigenvalue weighted by Crippen LogP contribution is -2.35. The number of aryl methyl sites for hydroxylation is 1. The van der Waals surface area contributed by atoms with Crippen LogP contribution < -0.4 is 0 Å². The summed E-state index contributed by atoms with van der Waals surface area (Å²) in [6.07, 6.45) is 1.60. The van der Waals surface area contributed by atoms with Gasteiger partial charge in [0.25, 0.3) is 0 Å². The van der Waals surface area contributed by atoms with Crippen molar-refractivity contribution in [1.82, 2.24) is 9.80 Å².